The van der Waals surface area contributed by atoms with E-state index < -0.39 is 5.97 Å². The molecule has 1 aromatic carbocycles. The Hall–Kier alpha value is -1.97. The number of nitrogen functional groups attached to an aromatic ring is 1. The molecule has 4 nitrogen and oxygen atoms in total. The van der Waals surface area contributed by atoms with Crippen molar-refractivity contribution >= 4 is 17.3 Å². The van der Waals surface area contributed by atoms with Crippen molar-refractivity contribution in [2.75, 3.05) is 17.6 Å². The summed E-state index contributed by atoms with van der Waals surface area (Å²) in [6.07, 6.45) is 8.36. The molecule has 4 heteroatoms. The van der Waals surface area contributed by atoms with Crippen molar-refractivity contribution in [3.63, 3.8) is 0 Å². The number of hydrogen-bond donors (Lipinski definition) is 3. The van der Waals surface area contributed by atoms with Crippen LogP contribution in [-0.4, -0.2) is 17.6 Å². The standard InChI is InChI=1S/C15H20N2O2/c16-13-10-12(15(18)19)6-7-14(13)17-9-8-11-4-2-1-3-5-11/h4,6-7,10,17H,1-3,5,8-9,16H2,(H,18,19). The fourth-order valence-electron chi connectivity index (χ4n) is 2.35. The van der Waals surface area contributed by atoms with Gasteiger partial charge < -0.3 is 16.2 Å². The molecule has 1 aliphatic carbocycles. The number of aromatic carboxylic acids is 1. The van der Waals surface area contributed by atoms with Gasteiger partial charge in [0.05, 0.1) is 16.9 Å². The van der Waals surface area contributed by atoms with Crippen LogP contribution in [0.2, 0.25) is 0 Å². The van der Waals surface area contributed by atoms with Crippen molar-refractivity contribution in [1.29, 1.82) is 0 Å². The molecule has 0 unspecified atom stereocenters. The molecule has 0 aromatic heterocycles. The number of allylic oxidation sites excluding steroid dienone is 1. The number of carbonyl (C=O) groups is 1. The van der Waals surface area contributed by atoms with E-state index in [4.69, 9.17) is 10.8 Å². The lowest BCUT2D eigenvalue weighted by Gasteiger charge is -2.14. The fraction of sp³-hybridized carbons (Fsp3) is 0.400. The molecule has 19 heavy (non-hydrogen) atoms. The molecule has 0 fully saturated rings. The Kier molecular flexibility index (Phi) is 4.44. The Labute approximate surface area is 113 Å². The SMILES string of the molecule is Nc1cc(C(=O)O)ccc1NCCC1=CCCCC1. The van der Waals surface area contributed by atoms with E-state index in [1.807, 2.05) is 0 Å². The lowest BCUT2D eigenvalue weighted by atomic mass is 9.97. The smallest absolute Gasteiger partial charge is 0.335 e. The number of nitrogens with two attached hydrogens (primary N) is 1. The van der Waals surface area contributed by atoms with E-state index in [1.54, 1.807) is 12.1 Å². The molecule has 0 bridgehead atoms. The number of carboxylic acid groups (broad SMARTS) is 1. The molecule has 0 aliphatic heterocycles. The number of carboxylic acids is 1. The maximum absolute atomic E-state index is 10.8. The van der Waals surface area contributed by atoms with Crippen molar-refractivity contribution < 1.29 is 9.90 Å². The van der Waals surface area contributed by atoms with Gasteiger partial charge in [-0.3, -0.25) is 0 Å². The summed E-state index contributed by atoms with van der Waals surface area (Å²) in [6.45, 7) is 0.836. The van der Waals surface area contributed by atoms with E-state index in [0.29, 0.717) is 5.69 Å². The molecule has 1 aromatic rings. The van der Waals surface area contributed by atoms with Crippen LogP contribution in [0.5, 0.6) is 0 Å². The topological polar surface area (TPSA) is 75.4 Å². The highest BCUT2D eigenvalue weighted by Crippen LogP contribution is 2.22. The third-order valence-corrected chi connectivity index (χ3v) is 3.45. The van der Waals surface area contributed by atoms with Gasteiger partial charge in [-0.2, -0.15) is 0 Å². The maximum atomic E-state index is 10.8. The molecule has 1 aliphatic rings. The first kappa shape index (κ1) is 13.5. The third kappa shape index (κ3) is 3.74. The molecule has 102 valence electrons. The molecule has 0 amide bonds. The largest absolute Gasteiger partial charge is 0.478 e. The lowest BCUT2D eigenvalue weighted by Crippen LogP contribution is -2.07. The maximum Gasteiger partial charge on any atom is 0.335 e. The van der Waals surface area contributed by atoms with Crippen LogP contribution in [0.15, 0.2) is 29.8 Å². The van der Waals surface area contributed by atoms with Crippen LogP contribution in [0.4, 0.5) is 11.4 Å². The predicted molar refractivity (Wildman–Crippen MR) is 77.5 cm³/mol. The number of anilines is 2. The molecule has 0 atom stereocenters. The average molecular weight is 260 g/mol. The second-order valence-corrected chi connectivity index (χ2v) is 4.89. The Balaban J connectivity index is 1.89. The van der Waals surface area contributed by atoms with Gasteiger partial charge >= 0.3 is 5.97 Å². The predicted octanol–water partition coefficient (Wildman–Crippen LogP) is 3.27. The molecule has 0 saturated heterocycles. The van der Waals surface area contributed by atoms with Gasteiger partial charge in [-0.05, 0) is 50.3 Å². The zero-order valence-electron chi connectivity index (χ0n) is 11.0. The third-order valence-electron chi connectivity index (χ3n) is 3.45. The van der Waals surface area contributed by atoms with Crippen molar-refractivity contribution in [3.8, 4) is 0 Å². The summed E-state index contributed by atoms with van der Waals surface area (Å²) in [5, 5.41) is 12.1. The fourth-order valence-corrected chi connectivity index (χ4v) is 2.35. The summed E-state index contributed by atoms with van der Waals surface area (Å²) < 4.78 is 0. The first-order chi connectivity index (χ1) is 9.16. The highest BCUT2D eigenvalue weighted by atomic mass is 16.4. The number of rotatable bonds is 5. The van der Waals surface area contributed by atoms with Crippen molar-refractivity contribution in [2.24, 2.45) is 0 Å². The first-order valence-corrected chi connectivity index (χ1v) is 6.71. The minimum atomic E-state index is -0.953. The van der Waals surface area contributed by atoms with Crippen molar-refractivity contribution in [2.45, 2.75) is 32.1 Å². The van der Waals surface area contributed by atoms with Crippen molar-refractivity contribution in [1.82, 2.24) is 0 Å². The van der Waals surface area contributed by atoms with Gasteiger partial charge in [-0.15, -0.1) is 0 Å². The highest BCUT2D eigenvalue weighted by molar-refractivity contribution is 5.90. The number of hydrogen-bond acceptors (Lipinski definition) is 3. The summed E-state index contributed by atoms with van der Waals surface area (Å²) in [7, 11) is 0. The van der Waals surface area contributed by atoms with Gasteiger partial charge in [-0.25, -0.2) is 4.79 Å². The Morgan fingerprint density at radius 2 is 2.21 bits per heavy atom. The Morgan fingerprint density at radius 3 is 2.84 bits per heavy atom. The van der Waals surface area contributed by atoms with E-state index in [2.05, 4.69) is 11.4 Å². The van der Waals surface area contributed by atoms with E-state index in [1.165, 1.54) is 37.3 Å². The minimum absolute atomic E-state index is 0.220. The normalized spacial score (nSPS) is 14.8. The quantitative estimate of drug-likeness (QED) is 0.561. The van der Waals surface area contributed by atoms with E-state index in [0.717, 1.165) is 18.7 Å². The van der Waals surface area contributed by atoms with Crippen LogP contribution >= 0.6 is 0 Å². The lowest BCUT2D eigenvalue weighted by molar-refractivity contribution is 0.0697. The second kappa shape index (κ2) is 6.27. The van der Waals surface area contributed by atoms with E-state index in [9.17, 15) is 4.79 Å². The van der Waals surface area contributed by atoms with Gasteiger partial charge in [0, 0.05) is 6.54 Å². The average Bonchev–Trinajstić information content (AvgIpc) is 2.41. The van der Waals surface area contributed by atoms with Crippen LogP contribution in [0.25, 0.3) is 0 Å². The van der Waals surface area contributed by atoms with Crippen LogP contribution in [-0.2, 0) is 0 Å². The van der Waals surface area contributed by atoms with Crippen molar-refractivity contribution in [3.05, 3.63) is 35.4 Å². The zero-order chi connectivity index (χ0) is 13.7. The summed E-state index contributed by atoms with van der Waals surface area (Å²) in [5.74, 6) is -0.953. The van der Waals surface area contributed by atoms with Gasteiger partial charge in [0.25, 0.3) is 0 Å². The summed E-state index contributed by atoms with van der Waals surface area (Å²) in [6, 6.07) is 4.79. The molecular weight excluding hydrogens is 240 g/mol. The second-order valence-electron chi connectivity index (χ2n) is 4.89. The number of nitrogens with one attached hydrogen (secondary N) is 1. The first-order valence-electron chi connectivity index (χ1n) is 6.71. The molecule has 0 saturated carbocycles. The molecular formula is C15H20N2O2. The van der Waals surface area contributed by atoms with Crippen LogP contribution in [0.3, 0.4) is 0 Å². The van der Waals surface area contributed by atoms with Crippen LogP contribution in [0, 0.1) is 0 Å². The van der Waals surface area contributed by atoms with Crippen LogP contribution < -0.4 is 11.1 Å². The van der Waals surface area contributed by atoms with Crippen LogP contribution in [0.1, 0.15) is 42.5 Å². The van der Waals surface area contributed by atoms with Gasteiger partial charge in [0.1, 0.15) is 0 Å². The van der Waals surface area contributed by atoms with E-state index in [-0.39, 0.29) is 5.56 Å². The summed E-state index contributed by atoms with van der Waals surface area (Å²) in [5.41, 5.74) is 8.86. The Bertz CT molecular complexity index is 495. The monoisotopic (exact) mass is 260 g/mol. The zero-order valence-corrected chi connectivity index (χ0v) is 11.0. The van der Waals surface area contributed by atoms with Gasteiger partial charge in [0.2, 0.25) is 0 Å². The molecule has 0 spiro atoms. The molecule has 4 N–H and O–H groups in total. The van der Waals surface area contributed by atoms with Gasteiger partial charge in [0.15, 0.2) is 0 Å². The highest BCUT2D eigenvalue weighted by Gasteiger charge is 2.07. The number of benzene rings is 1. The molecule has 0 radical (unpaired) electrons. The van der Waals surface area contributed by atoms with E-state index >= 15 is 0 Å². The molecule has 0 heterocycles. The van der Waals surface area contributed by atoms with Gasteiger partial charge in [-0.1, -0.05) is 11.6 Å². The summed E-state index contributed by atoms with van der Waals surface area (Å²) >= 11 is 0. The molecule has 2 rings (SSSR count). The Morgan fingerprint density at radius 1 is 1.37 bits per heavy atom. The minimum Gasteiger partial charge on any atom is -0.478 e. The summed E-state index contributed by atoms with van der Waals surface area (Å²) in [4.78, 5) is 10.8.